The van der Waals surface area contributed by atoms with Crippen molar-refractivity contribution in [3.63, 3.8) is 0 Å². The summed E-state index contributed by atoms with van der Waals surface area (Å²) in [6.45, 7) is 6.36. The molecule has 5 heteroatoms. The van der Waals surface area contributed by atoms with Crippen LogP contribution in [-0.2, 0) is 13.2 Å². The number of rotatable bonds is 7. The van der Waals surface area contributed by atoms with E-state index >= 15 is 0 Å². The lowest BCUT2D eigenvalue weighted by Gasteiger charge is -2.65. The molecular formula is C27H33BrClNO2. The van der Waals surface area contributed by atoms with E-state index in [1.54, 1.807) is 7.11 Å². The average molecular weight is 519 g/mol. The summed E-state index contributed by atoms with van der Waals surface area (Å²) in [7, 11) is 1.70. The van der Waals surface area contributed by atoms with Gasteiger partial charge in [-0.1, -0.05) is 53.5 Å². The molecule has 2 aromatic rings. The molecule has 32 heavy (non-hydrogen) atoms. The molecule has 6 rings (SSSR count). The van der Waals surface area contributed by atoms with Gasteiger partial charge >= 0.3 is 0 Å². The number of hydrogen-bond donors (Lipinski definition) is 1. The summed E-state index contributed by atoms with van der Waals surface area (Å²) in [4.78, 5) is 0. The van der Waals surface area contributed by atoms with E-state index in [1.165, 1.54) is 44.1 Å². The van der Waals surface area contributed by atoms with Gasteiger partial charge in [0.15, 0.2) is 11.5 Å². The molecule has 1 N–H and O–H groups in total. The van der Waals surface area contributed by atoms with E-state index in [1.807, 2.05) is 30.3 Å². The van der Waals surface area contributed by atoms with Gasteiger partial charge in [0.1, 0.15) is 6.61 Å². The van der Waals surface area contributed by atoms with Crippen molar-refractivity contribution in [3.05, 3.63) is 57.0 Å². The van der Waals surface area contributed by atoms with Crippen molar-refractivity contribution in [1.82, 2.24) is 5.32 Å². The molecule has 0 spiro atoms. The van der Waals surface area contributed by atoms with Gasteiger partial charge < -0.3 is 14.8 Å². The predicted octanol–water partition coefficient (Wildman–Crippen LogP) is 7.53. The Bertz CT molecular complexity index is 989. The molecule has 0 aliphatic heterocycles. The Balaban J connectivity index is 1.30. The second-order valence-electron chi connectivity index (χ2n) is 11.3. The normalized spacial score (nSPS) is 32.8. The highest BCUT2D eigenvalue weighted by molar-refractivity contribution is 9.10. The lowest BCUT2D eigenvalue weighted by atomic mass is 9.43. The molecule has 172 valence electrons. The molecule has 4 aliphatic rings. The van der Waals surface area contributed by atoms with Crippen LogP contribution in [0.3, 0.4) is 0 Å². The highest BCUT2D eigenvalue weighted by Gasteiger charge is 2.59. The number of benzene rings is 2. The Morgan fingerprint density at radius 2 is 1.69 bits per heavy atom. The molecule has 3 nitrogen and oxygen atoms in total. The summed E-state index contributed by atoms with van der Waals surface area (Å²) >= 11 is 9.77. The van der Waals surface area contributed by atoms with E-state index in [4.69, 9.17) is 21.1 Å². The van der Waals surface area contributed by atoms with E-state index in [2.05, 4.69) is 41.2 Å². The van der Waals surface area contributed by atoms with Crippen molar-refractivity contribution in [2.45, 2.75) is 71.1 Å². The Labute approximate surface area is 205 Å². The van der Waals surface area contributed by atoms with Crippen LogP contribution in [0.25, 0.3) is 0 Å². The van der Waals surface area contributed by atoms with Crippen molar-refractivity contribution >= 4 is 27.5 Å². The van der Waals surface area contributed by atoms with Crippen LogP contribution in [0.1, 0.15) is 63.5 Å². The Hall–Kier alpha value is -1.23. The van der Waals surface area contributed by atoms with Crippen LogP contribution < -0.4 is 14.8 Å². The number of nitrogens with one attached hydrogen (secondary N) is 1. The first-order valence-corrected chi connectivity index (χ1v) is 12.8. The Morgan fingerprint density at radius 1 is 1.00 bits per heavy atom. The van der Waals surface area contributed by atoms with Crippen LogP contribution >= 0.6 is 27.5 Å². The average Bonchev–Trinajstić information content (AvgIpc) is 2.70. The van der Waals surface area contributed by atoms with Crippen molar-refractivity contribution in [1.29, 1.82) is 0 Å². The van der Waals surface area contributed by atoms with E-state index in [0.29, 0.717) is 17.4 Å². The van der Waals surface area contributed by atoms with Crippen LogP contribution in [0.4, 0.5) is 0 Å². The lowest BCUT2D eigenvalue weighted by Crippen LogP contribution is -2.63. The molecule has 0 heterocycles. The molecule has 0 amide bonds. The fourth-order valence-corrected chi connectivity index (χ4v) is 8.24. The second kappa shape index (κ2) is 8.21. The second-order valence-corrected chi connectivity index (χ2v) is 12.6. The van der Waals surface area contributed by atoms with Crippen LogP contribution in [0, 0.1) is 16.7 Å². The summed E-state index contributed by atoms with van der Waals surface area (Å²) in [5.41, 5.74) is 3.58. The van der Waals surface area contributed by atoms with E-state index in [9.17, 15) is 0 Å². The van der Waals surface area contributed by atoms with Gasteiger partial charge in [-0.05, 0) is 90.7 Å². The van der Waals surface area contributed by atoms with Gasteiger partial charge in [-0.15, -0.1) is 0 Å². The van der Waals surface area contributed by atoms with Gasteiger partial charge in [-0.2, -0.15) is 0 Å². The molecule has 4 saturated carbocycles. The summed E-state index contributed by atoms with van der Waals surface area (Å²) in [5.74, 6) is 2.40. The first-order chi connectivity index (χ1) is 15.2. The Kier molecular flexibility index (Phi) is 5.79. The van der Waals surface area contributed by atoms with Crippen molar-refractivity contribution < 1.29 is 9.47 Å². The third-order valence-corrected chi connectivity index (χ3v) is 8.91. The molecule has 0 aromatic heterocycles. The molecule has 2 unspecified atom stereocenters. The molecule has 0 saturated heterocycles. The first-order valence-electron chi connectivity index (χ1n) is 11.7. The third kappa shape index (κ3) is 4.43. The first kappa shape index (κ1) is 22.6. The van der Waals surface area contributed by atoms with E-state index < -0.39 is 0 Å². The molecule has 4 bridgehead atoms. The number of halogens is 2. The van der Waals surface area contributed by atoms with Crippen molar-refractivity contribution in [2.75, 3.05) is 7.11 Å². The van der Waals surface area contributed by atoms with E-state index in [-0.39, 0.29) is 5.54 Å². The number of hydrogen-bond acceptors (Lipinski definition) is 3. The molecule has 4 aliphatic carbocycles. The zero-order valence-electron chi connectivity index (χ0n) is 19.3. The van der Waals surface area contributed by atoms with Gasteiger partial charge in [-0.25, -0.2) is 0 Å². The molecule has 0 radical (unpaired) electrons. The van der Waals surface area contributed by atoms with Gasteiger partial charge in [0.25, 0.3) is 0 Å². The minimum atomic E-state index is 0.277. The minimum absolute atomic E-state index is 0.277. The molecule has 2 atom stereocenters. The summed E-state index contributed by atoms with van der Waals surface area (Å²) in [6.07, 6.45) is 8.19. The highest BCUT2D eigenvalue weighted by atomic mass is 79.9. The zero-order valence-corrected chi connectivity index (χ0v) is 21.6. The molecule has 2 aromatic carbocycles. The fraction of sp³-hybridized carbons (Fsp3) is 0.556. The van der Waals surface area contributed by atoms with Gasteiger partial charge in [0.2, 0.25) is 0 Å². The van der Waals surface area contributed by atoms with Crippen LogP contribution in [0.5, 0.6) is 11.5 Å². The zero-order chi connectivity index (χ0) is 22.6. The predicted molar refractivity (Wildman–Crippen MR) is 133 cm³/mol. The minimum Gasteiger partial charge on any atom is -0.493 e. The maximum absolute atomic E-state index is 6.08. The van der Waals surface area contributed by atoms with Crippen LogP contribution in [-0.4, -0.2) is 12.6 Å². The highest BCUT2D eigenvalue weighted by Crippen LogP contribution is 2.66. The van der Waals surface area contributed by atoms with Crippen molar-refractivity contribution in [2.24, 2.45) is 16.7 Å². The number of ether oxygens (including phenoxy) is 2. The summed E-state index contributed by atoms with van der Waals surface area (Å²) in [6, 6.07) is 11.9. The van der Waals surface area contributed by atoms with Crippen LogP contribution in [0.15, 0.2) is 40.9 Å². The fourth-order valence-electron chi connectivity index (χ4n) is 7.65. The van der Waals surface area contributed by atoms with Gasteiger partial charge in [-0.3, -0.25) is 0 Å². The van der Waals surface area contributed by atoms with Gasteiger partial charge in [0.05, 0.1) is 7.11 Å². The maximum atomic E-state index is 6.08. The quantitative estimate of drug-likeness (QED) is 0.411. The maximum Gasteiger partial charge on any atom is 0.162 e. The third-order valence-electron chi connectivity index (χ3n) is 7.92. The van der Waals surface area contributed by atoms with E-state index in [0.717, 1.165) is 39.0 Å². The molecule has 4 fully saturated rings. The topological polar surface area (TPSA) is 30.5 Å². The summed E-state index contributed by atoms with van der Waals surface area (Å²) < 4.78 is 12.8. The Morgan fingerprint density at radius 3 is 2.31 bits per heavy atom. The SMILES string of the molecule is COc1cc(CNC23CC4CC(C)(CC(C)(C4)C2)C3)c(Br)cc1OCc1ccc(Cl)cc1. The smallest absolute Gasteiger partial charge is 0.162 e. The standard InChI is InChI=1S/C27H33BrClNO2/c1-25-10-19-11-26(2,15-25)17-27(12-19,16-25)30-13-20-8-23(31-3)24(9-22(20)28)32-14-18-4-6-21(29)7-5-18/h4-9,19,30H,10-17H2,1-3H3. The van der Waals surface area contributed by atoms with Crippen molar-refractivity contribution in [3.8, 4) is 11.5 Å². The van der Waals surface area contributed by atoms with Gasteiger partial charge in [0, 0.05) is 21.6 Å². The lowest BCUT2D eigenvalue weighted by molar-refractivity contribution is -0.118. The largest absolute Gasteiger partial charge is 0.493 e. The molecular weight excluding hydrogens is 486 g/mol. The monoisotopic (exact) mass is 517 g/mol. The van der Waals surface area contributed by atoms with Crippen LogP contribution in [0.2, 0.25) is 5.02 Å². The number of methoxy groups -OCH3 is 1. The summed E-state index contributed by atoms with van der Waals surface area (Å²) in [5, 5.41) is 4.76.